The van der Waals surface area contributed by atoms with E-state index in [1.54, 1.807) is 42.6 Å². The Balaban J connectivity index is 1.46. The van der Waals surface area contributed by atoms with Crippen LogP contribution in [-0.4, -0.2) is 45.6 Å². The van der Waals surface area contributed by atoms with Crippen molar-refractivity contribution in [2.24, 2.45) is 0 Å². The fourth-order valence-electron chi connectivity index (χ4n) is 3.55. The van der Waals surface area contributed by atoms with Crippen LogP contribution >= 0.6 is 11.6 Å². The molecule has 2 heterocycles. The van der Waals surface area contributed by atoms with Gasteiger partial charge in [-0.3, -0.25) is 4.98 Å². The second-order valence-electron chi connectivity index (χ2n) is 7.22. The summed E-state index contributed by atoms with van der Waals surface area (Å²) in [5.74, 6) is 0. The molecule has 10 heteroatoms. The molecule has 0 spiro atoms. The summed E-state index contributed by atoms with van der Waals surface area (Å²) in [6, 6.07) is 17.1. The first kappa shape index (κ1) is 21.9. The number of anilines is 3. The molecule has 3 aromatic rings. The number of amides is 2. The number of carbonyl (C=O) groups excluding carboxylic acids is 1. The van der Waals surface area contributed by atoms with Crippen molar-refractivity contribution in [2.75, 3.05) is 41.3 Å². The van der Waals surface area contributed by atoms with Gasteiger partial charge in [0, 0.05) is 55.0 Å². The van der Waals surface area contributed by atoms with Gasteiger partial charge in [0.25, 0.3) is 10.0 Å². The average Bonchev–Trinajstić information content (AvgIpc) is 2.80. The SMILES string of the molecule is O=C(Nc1ccccc1)NS(=O)(=O)c1cnccc1N1CCN(c2ccc(Cl)cc2)CC1. The Hall–Kier alpha value is -3.30. The zero-order valence-corrected chi connectivity index (χ0v) is 18.7. The van der Waals surface area contributed by atoms with E-state index in [0.29, 0.717) is 42.6 Å². The normalized spacial score (nSPS) is 14.2. The summed E-state index contributed by atoms with van der Waals surface area (Å²) in [5, 5.41) is 3.20. The van der Waals surface area contributed by atoms with E-state index in [9.17, 15) is 13.2 Å². The molecular weight excluding hydrogens is 450 g/mol. The summed E-state index contributed by atoms with van der Waals surface area (Å²) in [5.41, 5.74) is 2.07. The maximum Gasteiger partial charge on any atom is 0.333 e. The zero-order valence-electron chi connectivity index (χ0n) is 17.1. The second kappa shape index (κ2) is 9.46. The van der Waals surface area contributed by atoms with Gasteiger partial charge in [0.2, 0.25) is 0 Å². The quantitative estimate of drug-likeness (QED) is 0.590. The molecule has 8 nitrogen and oxygen atoms in total. The summed E-state index contributed by atoms with van der Waals surface area (Å²) < 4.78 is 28.0. The molecule has 0 unspecified atom stereocenters. The fraction of sp³-hybridized carbons (Fsp3) is 0.182. The lowest BCUT2D eigenvalue weighted by Crippen LogP contribution is -2.47. The minimum Gasteiger partial charge on any atom is -0.368 e. The zero-order chi connectivity index (χ0) is 22.6. The number of hydrogen-bond acceptors (Lipinski definition) is 6. The first-order chi connectivity index (χ1) is 15.4. The number of rotatable bonds is 5. The molecule has 2 N–H and O–H groups in total. The van der Waals surface area contributed by atoms with E-state index in [4.69, 9.17) is 11.6 Å². The lowest BCUT2D eigenvalue weighted by molar-refractivity contribution is 0.256. The number of sulfonamides is 1. The van der Waals surface area contributed by atoms with Gasteiger partial charge in [-0.05, 0) is 42.5 Å². The number of piperazine rings is 1. The lowest BCUT2D eigenvalue weighted by Gasteiger charge is -2.37. The van der Waals surface area contributed by atoms with Gasteiger partial charge in [0.05, 0.1) is 5.69 Å². The van der Waals surface area contributed by atoms with Gasteiger partial charge in [-0.25, -0.2) is 17.9 Å². The highest BCUT2D eigenvalue weighted by Crippen LogP contribution is 2.27. The smallest absolute Gasteiger partial charge is 0.333 e. The average molecular weight is 472 g/mol. The van der Waals surface area contributed by atoms with E-state index in [1.807, 2.05) is 29.2 Å². The molecule has 0 saturated carbocycles. The summed E-state index contributed by atoms with van der Waals surface area (Å²) in [7, 11) is -4.12. The van der Waals surface area contributed by atoms with Crippen molar-refractivity contribution in [3.05, 3.63) is 78.1 Å². The first-order valence-corrected chi connectivity index (χ1v) is 11.9. The molecule has 1 aromatic heterocycles. The Kier molecular flexibility index (Phi) is 6.48. The van der Waals surface area contributed by atoms with Gasteiger partial charge >= 0.3 is 6.03 Å². The summed E-state index contributed by atoms with van der Waals surface area (Å²) in [6.45, 7) is 2.66. The number of para-hydroxylation sites is 1. The number of aromatic nitrogens is 1. The van der Waals surface area contributed by atoms with E-state index >= 15 is 0 Å². The van der Waals surface area contributed by atoms with Gasteiger partial charge in [-0.15, -0.1) is 0 Å². The molecule has 4 rings (SSSR count). The number of nitrogens with one attached hydrogen (secondary N) is 2. The van der Waals surface area contributed by atoms with Crippen LogP contribution in [0, 0.1) is 0 Å². The highest BCUT2D eigenvalue weighted by atomic mass is 35.5. The standard InChI is InChI=1S/C22H22ClN5O3S/c23-17-6-8-19(9-7-17)27-12-14-28(15-13-27)20-10-11-24-16-21(20)32(30,31)26-22(29)25-18-4-2-1-3-5-18/h1-11,16H,12-15H2,(H2,25,26,29). The fourth-order valence-corrected chi connectivity index (χ4v) is 4.76. The Morgan fingerprint density at radius 2 is 1.56 bits per heavy atom. The third-order valence-corrected chi connectivity index (χ3v) is 6.72. The van der Waals surface area contributed by atoms with Crippen molar-refractivity contribution in [2.45, 2.75) is 4.90 Å². The molecule has 0 atom stereocenters. The monoisotopic (exact) mass is 471 g/mol. The molecule has 2 amide bonds. The van der Waals surface area contributed by atoms with Crippen LogP contribution in [0.1, 0.15) is 0 Å². The molecule has 32 heavy (non-hydrogen) atoms. The molecule has 1 fully saturated rings. The van der Waals surface area contributed by atoms with Crippen LogP contribution in [0.2, 0.25) is 5.02 Å². The van der Waals surface area contributed by atoms with Gasteiger partial charge in [-0.2, -0.15) is 0 Å². The molecule has 1 aliphatic heterocycles. The van der Waals surface area contributed by atoms with Gasteiger partial charge in [0.15, 0.2) is 0 Å². The summed E-state index contributed by atoms with van der Waals surface area (Å²) in [6.07, 6.45) is 2.81. The van der Waals surface area contributed by atoms with Crippen molar-refractivity contribution in [1.82, 2.24) is 9.71 Å². The predicted octanol–water partition coefficient (Wildman–Crippen LogP) is 3.57. The molecule has 0 radical (unpaired) electrons. The van der Waals surface area contributed by atoms with Crippen LogP contribution in [0.3, 0.4) is 0 Å². The number of hydrogen-bond donors (Lipinski definition) is 2. The summed E-state index contributed by atoms with van der Waals surface area (Å²) >= 11 is 5.97. The molecule has 1 aliphatic rings. The van der Waals surface area contributed by atoms with Gasteiger partial charge in [0.1, 0.15) is 4.90 Å². The van der Waals surface area contributed by atoms with Gasteiger partial charge < -0.3 is 15.1 Å². The van der Waals surface area contributed by atoms with Crippen molar-refractivity contribution in [3.8, 4) is 0 Å². The first-order valence-electron chi connectivity index (χ1n) is 10.0. The lowest BCUT2D eigenvalue weighted by atomic mass is 10.2. The number of pyridine rings is 1. The second-order valence-corrected chi connectivity index (χ2v) is 9.31. The number of nitrogens with zero attached hydrogens (tertiary/aromatic N) is 3. The topological polar surface area (TPSA) is 94.6 Å². The van der Waals surface area contributed by atoms with Crippen molar-refractivity contribution in [1.29, 1.82) is 0 Å². The van der Waals surface area contributed by atoms with E-state index in [2.05, 4.69) is 19.9 Å². The molecular formula is C22H22ClN5O3S. The van der Waals surface area contributed by atoms with E-state index < -0.39 is 16.1 Å². The Morgan fingerprint density at radius 3 is 2.25 bits per heavy atom. The third-order valence-electron chi connectivity index (χ3n) is 5.12. The van der Waals surface area contributed by atoms with Crippen LogP contribution < -0.4 is 19.8 Å². The molecule has 0 aliphatic carbocycles. The van der Waals surface area contributed by atoms with Crippen molar-refractivity contribution < 1.29 is 13.2 Å². The van der Waals surface area contributed by atoms with Gasteiger partial charge in [-0.1, -0.05) is 29.8 Å². The predicted molar refractivity (Wildman–Crippen MR) is 126 cm³/mol. The molecule has 2 aromatic carbocycles. The van der Waals surface area contributed by atoms with Crippen LogP contribution in [0.25, 0.3) is 0 Å². The van der Waals surface area contributed by atoms with E-state index in [1.165, 1.54) is 6.20 Å². The summed E-state index contributed by atoms with van der Waals surface area (Å²) in [4.78, 5) is 20.4. The third kappa shape index (κ3) is 5.12. The van der Waals surface area contributed by atoms with Crippen LogP contribution in [0.5, 0.6) is 0 Å². The van der Waals surface area contributed by atoms with E-state index in [-0.39, 0.29) is 4.90 Å². The van der Waals surface area contributed by atoms with E-state index in [0.717, 1.165) is 5.69 Å². The molecule has 1 saturated heterocycles. The van der Waals surface area contributed by atoms with Crippen LogP contribution in [0.15, 0.2) is 78.0 Å². The number of benzene rings is 2. The minimum atomic E-state index is -4.12. The van der Waals surface area contributed by atoms with Crippen molar-refractivity contribution >= 4 is 44.7 Å². The Bertz CT molecular complexity index is 1180. The minimum absolute atomic E-state index is 0.0387. The maximum absolute atomic E-state index is 13.0. The number of carbonyl (C=O) groups is 1. The highest BCUT2D eigenvalue weighted by molar-refractivity contribution is 7.90. The van der Waals surface area contributed by atoms with Crippen LogP contribution in [-0.2, 0) is 10.0 Å². The maximum atomic E-state index is 13.0. The molecule has 166 valence electrons. The highest BCUT2D eigenvalue weighted by Gasteiger charge is 2.26. The Labute approximate surface area is 191 Å². The number of urea groups is 1. The van der Waals surface area contributed by atoms with Crippen LogP contribution in [0.4, 0.5) is 21.9 Å². The number of halogens is 1. The van der Waals surface area contributed by atoms with Crippen molar-refractivity contribution in [3.63, 3.8) is 0 Å². The Morgan fingerprint density at radius 1 is 0.906 bits per heavy atom. The largest absolute Gasteiger partial charge is 0.368 e. The molecule has 0 bridgehead atoms.